The lowest BCUT2D eigenvalue weighted by Gasteiger charge is -2.13. The molecule has 2 aromatic heterocycles. The number of aliphatic hydroxyl groups is 1. The summed E-state index contributed by atoms with van der Waals surface area (Å²) < 4.78 is 0. The van der Waals surface area contributed by atoms with Crippen molar-refractivity contribution in [2.45, 2.75) is 6.10 Å². The topological polar surface area (TPSA) is 78.0 Å². The van der Waals surface area contributed by atoms with Crippen LogP contribution in [0.3, 0.4) is 0 Å². The number of aromatic amines is 1. The molecule has 0 aliphatic heterocycles. The van der Waals surface area contributed by atoms with Crippen LogP contribution < -0.4 is 5.32 Å². The molecule has 0 spiro atoms. The van der Waals surface area contributed by atoms with E-state index >= 15 is 0 Å². The molecule has 5 nitrogen and oxygen atoms in total. The second-order valence-electron chi connectivity index (χ2n) is 7.45. The molecule has 31 heavy (non-hydrogen) atoms. The number of rotatable bonds is 5. The number of nitrogens with zero attached hydrogens (tertiary/aromatic N) is 1. The van der Waals surface area contributed by atoms with Gasteiger partial charge in [0.2, 0.25) is 0 Å². The predicted octanol–water partition coefficient (Wildman–Crippen LogP) is 4.85. The number of hydrogen-bond donors (Lipinski definition) is 3. The molecule has 0 bridgehead atoms. The molecule has 0 fully saturated rings. The van der Waals surface area contributed by atoms with E-state index in [1.54, 1.807) is 0 Å². The largest absolute Gasteiger partial charge is 0.387 e. The van der Waals surface area contributed by atoms with Crippen LogP contribution in [-0.4, -0.2) is 27.5 Å². The Bertz CT molecular complexity index is 1360. The van der Waals surface area contributed by atoms with Crippen LogP contribution in [0.25, 0.3) is 33.1 Å². The highest BCUT2D eigenvalue weighted by Gasteiger charge is 2.18. The quantitative estimate of drug-likeness (QED) is 0.390. The van der Waals surface area contributed by atoms with Crippen molar-refractivity contribution in [3.8, 4) is 11.3 Å². The summed E-state index contributed by atoms with van der Waals surface area (Å²) >= 11 is 0. The van der Waals surface area contributed by atoms with Crippen LogP contribution in [0.4, 0.5) is 0 Å². The molecule has 0 aliphatic carbocycles. The Morgan fingerprint density at radius 3 is 2.35 bits per heavy atom. The number of nitrogens with one attached hydrogen (secondary N) is 2. The van der Waals surface area contributed by atoms with Gasteiger partial charge >= 0.3 is 0 Å². The second-order valence-corrected chi connectivity index (χ2v) is 7.45. The summed E-state index contributed by atoms with van der Waals surface area (Å²) in [4.78, 5) is 21.1. The highest BCUT2D eigenvalue weighted by atomic mass is 16.3. The third-order valence-electron chi connectivity index (χ3n) is 5.42. The van der Waals surface area contributed by atoms with Crippen LogP contribution in [0.2, 0.25) is 0 Å². The van der Waals surface area contributed by atoms with Gasteiger partial charge in [-0.25, -0.2) is 4.98 Å². The maximum absolute atomic E-state index is 13.0. The highest BCUT2D eigenvalue weighted by molar-refractivity contribution is 6.13. The summed E-state index contributed by atoms with van der Waals surface area (Å²) in [6, 6.07) is 28.9. The van der Waals surface area contributed by atoms with Gasteiger partial charge in [0, 0.05) is 28.4 Å². The van der Waals surface area contributed by atoms with E-state index in [-0.39, 0.29) is 12.5 Å². The Morgan fingerprint density at radius 2 is 1.58 bits per heavy atom. The average Bonchev–Trinajstić information content (AvgIpc) is 3.21. The zero-order chi connectivity index (χ0) is 21.2. The number of benzene rings is 3. The fraction of sp³-hybridized carbons (Fsp3) is 0.0769. The maximum atomic E-state index is 13.0. The third kappa shape index (κ3) is 3.67. The van der Waals surface area contributed by atoms with E-state index in [9.17, 15) is 9.90 Å². The van der Waals surface area contributed by atoms with Crippen LogP contribution in [0.5, 0.6) is 0 Å². The Balaban J connectivity index is 1.54. The molecule has 1 amide bonds. The molecule has 0 aliphatic rings. The number of carbonyl (C=O) groups excluding carboxylic acids is 1. The summed E-state index contributed by atoms with van der Waals surface area (Å²) in [6.07, 6.45) is -0.782. The number of para-hydroxylation sites is 1. The lowest BCUT2D eigenvalue weighted by molar-refractivity contribution is 0.0911. The van der Waals surface area contributed by atoms with Crippen molar-refractivity contribution in [3.63, 3.8) is 0 Å². The number of pyridine rings is 1. The lowest BCUT2D eigenvalue weighted by atomic mass is 10.1. The molecule has 1 atom stereocenters. The van der Waals surface area contributed by atoms with Gasteiger partial charge in [-0.3, -0.25) is 4.79 Å². The second kappa shape index (κ2) is 8.05. The van der Waals surface area contributed by atoms with Crippen LogP contribution in [0.1, 0.15) is 22.2 Å². The van der Waals surface area contributed by atoms with Gasteiger partial charge in [0.1, 0.15) is 5.69 Å². The first-order chi connectivity index (χ1) is 15.2. The van der Waals surface area contributed by atoms with E-state index in [4.69, 9.17) is 4.98 Å². The zero-order valence-electron chi connectivity index (χ0n) is 16.7. The van der Waals surface area contributed by atoms with Crippen molar-refractivity contribution < 1.29 is 9.90 Å². The molecule has 5 heteroatoms. The smallest absolute Gasteiger partial charge is 0.270 e. The van der Waals surface area contributed by atoms with E-state index < -0.39 is 6.10 Å². The molecule has 5 rings (SSSR count). The molecule has 3 aromatic carbocycles. The molecular weight excluding hydrogens is 386 g/mol. The molecule has 0 unspecified atom stereocenters. The van der Waals surface area contributed by atoms with E-state index in [0.29, 0.717) is 5.69 Å². The molecule has 5 aromatic rings. The molecule has 2 heterocycles. The molecule has 3 N–H and O–H groups in total. The maximum Gasteiger partial charge on any atom is 0.270 e. The van der Waals surface area contributed by atoms with Gasteiger partial charge in [0.25, 0.3) is 5.91 Å². The Kier molecular flexibility index (Phi) is 4.94. The van der Waals surface area contributed by atoms with Gasteiger partial charge in [-0.05, 0) is 17.7 Å². The van der Waals surface area contributed by atoms with E-state index in [1.807, 2.05) is 91.0 Å². The van der Waals surface area contributed by atoms with Crippen molar-refractivity contribution >= 4 is 27.7 Å². The number of carbonyl (C=O) groups is 1. The zero-order valence-corrected chi connectivity index (χ0v) is 16.7. The fourth-order valence-corrected chi connectivity index (χ4v) is 3.84. The number of H-pyrrole nitrogens is 1. The first kappa shape index (κ1) is 19.0. The molecule has 0 saturated carbocycles. The van der Waals surface area contributed by atoms with E-state index in [1.165, 1.54) is 0 Å². The van der Waals surface area contributed by atoms with Crippen molar-refractivity contribution in [2.75, 3.05) is 6.54 Å². The van der Waals surface area contributed by atoms with Gasteiger partial charge in [0.15, 0.2) is 0 Å². The first-order valence-corrected chi connectivity index (χ1v) is 10.2. The van der Waals surface area contributed by atoms with Gasteiger partial charge < -0.3 is 15.4 Å². The Hall–Kier alpha value is -3.96. The van der Waals surface area contributed by atoms with Gasteiger partial charge in [0.05, 0.1) is 17.3 Å². The molecule has 0 radical (unpaired) electrons. The fourth-order valence-electron chi connectivity index (χ4n) is 3.84. The van der Waals surface area contributed by atoms with Crippen molar-refractivity contribution in [3.05, 3.63) is 102 Å². The predicted molar refractivity (Wildman–Crippen MR) is 123 cm³/mol. The summed E-state index contributed by atoms with van der Waals surface area (Å²) in [5.74, 6) is -0.320. The average molecular weight is 407 g/mol. The van der Waals surface area contributed by atoms with Crippen LogP contribution >= 0.6 is 0 Å². The molecule has 152 valence electrons. The SMILES string of the molecule is O=C(NC[C@H](O)c1ccccc1)c1cc2c([nH]c3ccccc32)c(-c2ccccc2)n1. The summed E-state index contributed by atoms with van der Waals surface area (Å²) in [7, 11) is 0. The number of hydrogen-bond acceptors (Lipinski definition) is 3. The summed E-state index contributed by atoms with van der Waals surface area (Å²) in [6.45, 7) is 0.108. The van der Waals surface area contributed by atoms with Crippen molar-refractivity contribution in [2.24, 2.45) is 0 Å². The van der Waals surface area contributed by atoms with E-state index in [0.717, 1.165) is 38.6 Å². The van der Waals surface area contributed by atoms with Gasteiger partial charge in [-0.1, -0.05) is 78.9 Å². The minimum absolute atomic E-state index is 0.108. The van der Waals surface area contributed by atoms with Crippen molar-refractivity contribution in [1.82, 2.24) is 15.3 Å². The summed E-state index contributed by atoms with van der Waals surface area (Å²) in [5.41, 5.74) is 4.62. The third-order valence-corrected chi connectivity index (χ3v) is 5.42. The van der Waals surface area contributed by atoms with Gasteiger partial charge in [-0.15, -0.1) is 0 Å². The highest BCUT2D eigenvalue weighted by Crippen LogP contribution is 2.32. The Labute approximate surface area is 179 Å². The number of fused-ring (bicyclic) bond motifs is 3. The van der Waals surface area contributed by atoms with Crippen LogP contribution in [0.15, 0.2) is 91.0 Å². The monoisotopic (exact) mass is 407 g/mol. The van der Waals surface area contributed by atoms with Gasteiger partial charge in [-0.2, -0.15) is 0 Å². The Morgan fingerprint density at radius 1 is 0.903 bits per heavy atom. The number of aromatic nitrogens is 2. The molecular formula is C26H21N3O2. The molecule has 0 saturated heterocycles. The van der Waals surface area contributed by atoms with Crippen LogP contribution in [-0.2, 0) is 0 Å². The first-order valence-electron chi connectivity index (χ1n) is 10.2. The minimum Gasteiger partial charge on any atom is -0.387 e. The summed E-state index contributed by atoms with van der Waals surface area (Å²) in [5, 5.41) is 15.2. The minimum atomic E-state index is -0.782. The lowest BCUT2D eigenvalue weighted by Crippen LogP contribution is -2.29. The van der Waals surface area contributed by atoms with Crippen molar-refractivity contribution in [1.29, 1.82) is 0 Å². The van der Waals surface area contributed by atoms with E-state index in [2.05, 4.69) is 10.3 Å². The van der Waals surface area contributed by atoms with Crippen LogP contribution in [0, 0.1) is 0 Å². The number of aliphatic hydroxyl groups excluding tert-OH is 1. The standard InChI is InChI=1S/C26H21N3O2/c30-23(17-9-3-1-4-10-17)16-27-26(31)22-15-20-19-13-7-8-14-21(19)28-25(20)24(29-22)18-11-5-2-6-12-18/h1-15,23,28,30H,16H2,(H,27,31)/t23-/m0/s1. The normalized spacial score (nSPS) is 12.2. The number of amides is 1.